The van der Waals surface area contributed by atoms with Crippen LogP contribution in [0.25, 0.3) is 4.96 Å². The third-order valence-corrected chi connectivity index (χ3v) is 5.18. The summed E-state index contributed by atoms with van der Waals surface area (Å²) >= 11 is 1.42. The van der Waals surface area contributed by atoms with Gasteiger partial charge in [0.2, 0.25) is 10.9 Å². The van der Waals surface area contributed by atoms with E-state index >= 15 is 0 Å². The van der Waals surface area contributed by atoms with Crippen molar-refractivity contribution in [3.05, 3.63) is 41.2 Å². The summed E-state index contributed by atoms with van der Waals surface area (Å²) in [4.78, 5) is 26.4. The number of carbonyl (C=O) groups is 2. The Hall–Kier alpha value is -3.01. The maximum atomic E-state index is 12.1. The topological polar surface area (TPSA) is 102 Å². The van der Waals surface area contributed by atoms with E-state index in [1.54, 1.807) is 9.42 Å². The first-order valence-corrected chi connectivity index (χ1v) is 9.39. The van der Waals surface area contributed by atoms with Gasteiger partial charge in [0, 0.05) is 18.5 Å². The van der Waals surface area contributed by atoms with Gasteiger partial charge in [-0.2, -0.15) is 9.61 Å². The summed E-state index contributed by atoms with van der Waals surface area (Å²) in [5.41, 5.74) is 0.787. The Morgan fingerprint density at radius 3 is 2.93 bits per heavy atom. The number of rotatable bonds is 6. The van der Waals surface area contributed by atoms with Gasteiger partial charge in [0.05, 0.1) is 13.1 Å². The van der Waals surface area contributed by atoms with Gasteiger partial charge in [-0.1, -0.05) is 29.5 Å². The third kappa shape index (κ3) is 3.75. The van der Waals surface area contributed by atoms with Crippen LogP contribution in [0.15, 0.2) is 30.3 Å². The molecule has 1 unspecified atom stereocenters. The quantitative estimate of drug-likeness (QED) is 0.690. The number of anilines is 1. The SMILES string of the molecule is Cc1nnc2sc(CCC(=O)NCC3CN(c4ccccc4)C(=O)O3)nn12. The molecule has 4 rings (SSSR count). The molecule has 1 aromatic carbocycles. The van der Waals surface area contributed by atoms with E-state index in [1.807, 2.05) is 37.3 Å². The number of fused-ring (bicyclic) bond motifs is 1. The highest BCUT2D eigenvalue weighted by atomic mass is 32.1. The summed E-state index contributed by atoms with van der Waals surface area (Å²) in [6.45, 7) is 2.54. The average molecular weight is 386 g/mol. The van der Waals surface area contributed by atoms with Crippen molar-refractivity contribution in [2.75, 3.05) is 18.0 Å². The normalized spacial score (nSPS) is 16.7. The number of hydrogen-bond donors (Lipinski definition) is 1. The fourth-order valence-electron chi connectivity index (χ4n) is 2.84. The van der Waals surface area contributed by atoms with E-state index in [1.165, 1.54) is 11.3 Å². The lowest BCUT2D eigenvalue weighted by Crippen LogP contribution is -2.34. The summed E-state index contributed by atoms with van der Waals surface area (Å²) in [6, 6.07) is 9.32. The van der Waals surface area contributed by atoms with Crippen LogP contribution >= 0.6 is 11.3 Å². The Balaban J connectivity index is 1.25. The van der Waals surface area contributed by atoms with Crippen molar-refractivity contribution in [2.45, 2.75) is 25.9 Å². The van der Waals surface area contributed by atoms with Crippen molar-refractivity contribution >= 4 is 34.0 Å². The highest BCUT2D eigenvalue weighted by molar-refractivity contribution is 7.16. The van der Waals surface area contributed by atoms with Gasteiger partial charge in [-0.25, -0.2) is 4.79 Å². The molecule has 9 nitrogen and oxygen atoms in total. The largest absolute Gasteiger partial charge is 0.442 e. The minimum atomic E-state index is -0.393. The molecule has 0 bridgehead atoms. The first-order valence-electron chi connectivity index (χ1n) is 8.58. The van der Waals surface area contributed by atoms with E-state index in [0.29, 0.717) is 19.4 Å². The predicted molar refractivity (Wildman–Crippen MR) is 98.8 cm³/mol. The molecule has 1 aliphatic heterocycles. The molecular formula is C17H18N6O3S. The number of ether oxygens (including phenoxy) is 1. The molecule has 1 saturated heterocycles. The summed E-state index contributed by atoms with van der Waals surface area (Å²) in [6.07, 6.45) is 0.0839. The Morgan fingerprint density at radius 1 is 1.33 bits per heavy atom. The Bertz CT molecular complexity index is 970. The summed E-state index contributed by atoms with van der Waals surface area (Å²) in [5.74, 6) is 0.620. The molecule has 27 heavy (non-hydrogen) atoms. The molecule has 1 fully saturated rings. The van der Waals surface area contributed by atoms with Gasteiger partial charge in [-0.15, -0.1) is 10.2 Å². The van der Waals surface area contributed by atoms with Crippen LogP contribution in [0.3, 0.4) is 0 Å². The highest BCUT2D eigenvalue weighted by Gasteiger charge is 2.32. The lowest BCUT2D eigenvalue weighted by Gasteiger charge is -2.12. The number of nitrogens with one attached hydrogen (secondary N) is 1. The molecule has 2 amide bonds. The second-order valence-electron chi connectivity index (χ2n) is 6.19. The van der Waals surface area contributed by atoms with E-state index < -0.39 is 6.09 Å². The van der Waals surface area contributed by atoms with Gasteiger partial charge in [0.25, 0.3) is 0 Å². The fourth-order valence-corrected chi connectivity index (χ4v) is 3.72. The number of aromatic nitrogens is 4. The molecule has 1 aliphatic rings. The lowest BCUT2D eigenvalue weighted by atomic mass is 10.2. The molecule has 2 aromatic heterocycles. The van der Waals surface area contributed by atoms with Gasteiger partial charge < -0.3 is 10.1 Å². The van der Waals surface area contributed by atoms with Crippen molar-refractivity contribution in [1.82, 2.24) is 25.1 Å². The van der Waals surface area contributed by atoms with Crippen molar-refractivity contribution < 1.29 is 14.3 Å². The molecule has 0 aliphatic carbocycles. The smallest absolute Gasteiger partial charge is 0.414 e. The second kappa shape index (κ2) is 7.31. The Labute approximate surface area is 159 Å². The zero-order valence-electron chi connectivity index (χ0n) is 14.7. The third-order valence-electron chi connectivity index (χ3n) is 4.22. The zero-order valence-corrected chi connectivity index (χ0v) is 15.5. The minimum absolute atomic E-state index is 0.105. The molecule has 1 N–H and O–H groups in total. The number of benzene rings is 1. The summed E-state index contributed by atoms with van der Waals surface area (Å²) < 4.78 is 7.00. The number of hydrogen-bond acceptors (Lipinski definition) is 7. The number of amides is 2. The van der Waals surface area contributed by atoms with E-state index in [2.05, 4.69) is 20.6 Å². The molecule has 0 spiro atoms. The standard InChI is InChI=1S/C17H18N6O3S/c1-11-19-20-16-23(11)21-15(27-16)8-7-14(24)18-9-13-10-22(17(25)26-13)12-5-3-2-4-6-12/h2-6,13H,7-10H2,1H3,(H,18,24). The van der Waals surface area contributed by atoms with Crippen molar-refractivity contribution in [1.29, 1.82) is 0 Å². The van der Waals surface area contributed by atoms with Gasteiger partial charge in [0.15, 0.2) is 5.82 Å². The van der Waals surface area contributed by atoms with Crippen molar-refractivity contribution in [2.24, 2.45) is 0 Å². The molecule has 3 heterocycles. The van der Waals surface area contributed by atoms with Crippen LogP contribution in [-0.2, 0) is 16.0 Å². The lowest BCUT2D eigenvalue weighted by molar-refractivity contribution is -0.121. The van der Waals surface area contributed by atoms with E-state index in [-0.39, 0.29) is 18.6 Å². The molecule has 1 atom stereocenters. The number of cyclic esters (lactones) is 1. The van der Waals surface area contributed by atoms with Gasteiger partial charge in [0.1, 0.15) is 11.1 Å². The number of carbonyl (C=O) groups excluding carboxylic acids is 2. The maximum absolute atomic E-state index is 12.1. The summed E-state index contributed by atoms with van der Waals surface area (Å²) in [7, 11) is 0. The van der Waals surface area contributed by atoms with Crippen LogP contribution < -0.4 is 10.2 Å². The molecule has 140 valence electrons. The van der Waals surface area contributed by atoms with Gasteiger partial charge >= 0.3 is 6.09 Å². The van der Waals surface area contributed by atoms with Crippen LogP contribution in [-0.4, -0.2) is 51.0 Å². The summed E-state index contributed by atoms with van der Waals surface area (Å²) in [5, 5.41) is 16.0. The monoisotopic (exact) mass is 386 g/mol. The minimum Gasteiger partial charge on any atom is -0.442 e. The Kier molecular flexibility index (Phi) is 4.71. The molecule has 0 radical (unpaired) electrons. The molecular weight excluding hydrogens is 368 g/mol. The zero-order chi connectivity index (χ0) is 18.8. The average Bonchev–Trinajstić information content (AvgIpc) is 3.35. The number of aryl methyl sites for hydroxylation is 2. The highest BCUT2D eigenvalue weighted by Crippen LogP contribution is 2.20. The second-order valence-corrected chi connectivity index (χ2v) is 7.23. The van der Waals surface area contributed by atoms with E-state index in [0.717, 1.165) is 21.5 Å². The number of nitrogens with zero attached hydrogens (tertiary/aromatic N) is 5. The van der Waals surface area contributed by atoms with Gasteiger partial charge in [-0.3, -0.25) is 9.69 Å². The van der Waals surface area contributed by atoms with Crippen LogP contribution in [0.1, 0.15) is 17.3 Å². The van der Waals surface area contributed by atoms with E-state index in [4.69, 9.17) is 4.74 Å². The molecule has 0 saturated carbocycles. The Morgan fingerprint density at radius 2 is 2.15 bits per heavy atom. The van der Waals surface area contributed by atoms with E-state index in [9.17, 15) is 9.59 Å². The number of para-hydroxylation sites is 1. The predicted octanol–water partition coefficient (Wildman–Crippen LogP) is 1.57. The van der Waals surface area contributed by atoms with Crippen LogP contribution in [0, 0.1) is 6.92 Å². The van der Waals surface area contributed by atoms with Gasteiger partial charge in [-0.05, 0) is 19.1 Å². The first kappa shape index (κ1) is 17.4. The van der Waals surface area contributed by atoms with Crippen molar-refractivity contribution in [3.8, 4) is 0 Å². The van der Waals surface area contributed by atoms with Crippen LogP contribution in [0.2, 0.25) is 0 Å². The van der Waals surface area contributed by atoms with Crippen LogP contribution in [0.4, 0.5) is 10.5 Å². The fraction of sp³-hybridized carbons (Fsp3) is 0.353. The first-order chi connectivity index (χ1) is 13.1. The van der Waals surface area contributed by atoms with Crippen LogP contribution in [0.5, 0.6) is 0 Å². The molecule has 3 aromatic rings. The van der Waals surface area contributed by atoms with Crippen molar-refractivity contribution in [3.63, 3.8) is 0 Å². The maximum Gasteiger partial charge on any atom is 0.414 e. The molecule has 10 heteroatoms.